The molecule has 2 heteroatoms. The molecule has 1 N–H and O–H groups in total. The maximum absolute atomic E-state index is 4.37. The molecule has 2 nitrogen and oxygen atoms in total. The van der Waals surface area contributed by atoms with Gasteiger partial charge in [0.25, 0.3) is 0 Å². The highest BCUT2D eigenvalue weighted by Crippen LogP contribution is 2.22. The predicted molar refractivity (Wildman–Crippen MR) is 83.1 cm³/mol. The molecule has 0 spiro atoms. The largest absolute Gasteiger partial charge is 0.317 e. The van der Waals surface area contributed by atoms with Gasteiger partial charge in [0.05, 0.1) is 0 Å². The normalized spacial score (nSPS) is 13.9. The van der Waals surface area contributed by atoms with Crippen LogP contribution in [0.15, 0.2) is 24.4 Å². The van der Waals surface area contributed by atoms with E-state index in [2.05, 4.69) is 22.4 Å². The minimum atomic E-state index is 0.687. The third-order valence-corrected chi connectivity index (χ3v) is 2.45. The minimum Gasteiger partial charge on any atom is -0.317 e. The van der Waals surface area contributed by atoms with Crippen LogP contribution in [0.4, 0.5) is 0 Å². The van der Waals surface area contributed by atoms with Crippen molar-refractivity contribution in [3.8, 4) is 0 Å². The van der Waals surface area contributed by atoms with Crippen molar-refractivity contribution in [2.24, 2.45) is 0 Å². The van der Waals surface area contributed by atoms with Crippen LogP contribution in [0.25, 0.3) is 0 Å². The van der Waals surface area contributed by atoms with Crippen LogP contribution in [0.1, 0.15) is 66.0 Å². The maximum atomic E-state index is 4.37. The second-order valence-electron chi connectivity index (χ2n) is 3.28. The number of nitrogens with one attached hydrogen (secondary N) is 1. The number of aromatic nitrogens is 1. The number of nitrogens with zero attached hydrogens (tertiary/aromatic N) is 1. The van der Waals surface area contributed by atoms with Crippen LogP contribution in [0.5, 0.6) is 0 Å². The van der Waals surface area contributed by atoms with Gasteiger partial charge in [-0.3, -0.25) is 4.98 Å². The molecule has 1 fully saturated rings. The van der Waals surface area contributed by atoms with Gasteiger partial charge in [0.15, 0.2) is 0 Å². The lowest BCUT2D eigenvalue weighted by Gasteiger charge is -2.21. The van der Waals surface area contributed by atoms with Crippen LogP contribution in [0, 0.1) is 0 Å². The van der Waals surface area contributed by atoms with Gasteiger partial charge in [-0.25, -0.2) is 0 Å². The topological polar surface area (TPSA) is 24.9 Å². The first kappa shape index (κ1) is 19.4. The molecule has 0 bridgehead atoms. The molecule has 1 saturated heterocycles. The van der Waals surface area contributed by atoms with Crippen molar-refractivity contribution in [2.75, 3.05) is 13.1 Å². The van der Waals surface area contributed by atoms with E-state index in [1.54, 1.807) is 0 Å². The molecule has 2 rings (SSSR count). The lowest BCUT2D eigenvalue weighted by molar-refractivity contribution is 0.453. The Balaban J connectivity index is 0. The van der Waals surface area contributed by atoms with Crippen LogP contribution in [0.3, 0.4) is 0 Å². The SMILES string of the molecule is CC.CC.CC.c1ccc(C2CCNCC2)nc1. The van der Waals surface area contributed by atoms with Gasteiger partial charge in [-0.05, 0) is 38.1 Å². The summed E-state index contributed by atoms with van der Waals surface area (Å²) in [6.45, 7) is 14.3. The highest BCUT2D eigenvalue weighted by Gasteiger charge is 2.15. The highest BCUT2D eigenvalue weighted by atomic mass is 14.9. The molecule has 1 aromatic rings. The van der Waals surface area contributed by atoms with Gasteiger partial charge in [-0.15, -0.1) is 0 Å². The smallest absolute Gasteiger partial charge is 0.0435 e. The molecule has 0 aromatic carbocycles. The van der Waals surface area contributed by atoms with Crippen molar-refractivity contribution in [1.29, 1.82) is 0 Å². The third-order valence-electron chi connectivity index (χ3n) is 2.45. The van der Waals surface area contributed by atoms with Crippen molar-refractivity contribution in [1.82, 2.24) is 10.3 Å². The second kappa shape index (κ2) is 16.1. The summed E-state index contributed by atoms with van der Waals surface area (Å²) in [5.41, 5.74) is 1.26. The Morgan fingerprint density at radius 3 is 1.94 bits per heavy atom. The summed E-state index contributed by atoms with van der Waals surface area (Å²) >= 11 is 0. The lowest BCUT2D eigenvalue weighted by Crippen LogP contribution is -2.26. The zero-order chi connectivity index (χ0) is 14.2. The lowest BCUT2D eigenvalue weighted by atomic mass is 9.94. The second-order valence-corrected chi connectivity index (χ2v) is 3.28. The Hall–Kier alpha value is -0.890. The highest BCUT2D eigenvalue weighted by molar-refractivity contribution is 5.10. The number of piperidine rings is 1. The molecule has 1 aliphatic heterocycles. The Bertz CT molecular complexity index is 228. The summed E-state index contributed by atoms with van der Waals surface area (Å²) in [6, 6.07) is 6.19. The minimum absolute atomic E-state index is 0.687. The third kappa shape index (κ3) is 8.24. The number of pyridine rings is 1. The van der Waals surface area contributed by atoms with E-state index in [9.17, 15) is 0 Å². The van der Waals surface area contributed by atoms with Crippen LogP contribution in [0.2, 0.25) is 0 Å². The van der Waals surface area contributed by atoms with Crippen molar-refractivity contribution in [2.45, 2.75) is 60.3 Å². The molecule has 1 aromatic heterocycles. The van der Waals surface area contributed by atoms with Crippen molar-refractivity contribution in [3.05, 3.63) is 30.1 Å². The fourth-order valence-corrected chi connectivity index (χ4v) is 1.74. The summed E-state index contributed by atoms with van der Waals surface area (Å²) < 4.78 is 0. The maximum Gasteiger partial charge on any atom is 0.0435 e. The van der Waals surface area contributed by atoms with E-state index in [0.29, 0.717) is 5.92 Å². The summed E-state index contributed by atoms with van der Waals surface area (Å²) in [5.74, 6) is 0.687. The van der Waals surface area contributed by atoms with E-state index in [4.69, 9.17) is 0 Å². The van der Waals surface area contributed by atoms with Gasteiger partial charge in [0, 0.05) is 17.8 Å². The van der Waals surface area contributed by atoms with E-state index < -0.39 is 0 Å². The van der Waals surface area contributed by atoms with Crippen LogP contribution >= 0.6 is 0 Å². The molecule has 0 unspecified atom stereocenters. The van der Waals surface area contributed by atoms with Gasteiger partial charge in [0.1, 0.15) is 0 Å². The van der Waals surface area contributed by atoms with E-state index in [-0.39, 0.29) is 0 Å². The van der Waals surface area contributed by atoms with Crippen molar-refractivity contribution < 1.29 is 0 Å². The molecule has 0 aliphatic carbocycles. The molecule has 0 radical (unpaired) electrons. The average Bonchev–Trinajstić information content (AvgIpc) is 2.55. The summed E-state index contributed by atoms with van der Waals surface area (Å²) in [5, 5.41) is 3.36. The van der Waals surface area contributed by atoms with Crippen LogP contribution in [-0.2, 0) is 0 Å². The van der Waals surface area contributed by atoms with Crippen molar-refractivity contribution in [3.63, 3.8) is 0 Å². The first-order valence-electron chi connectivity index (χ1n) is 7.58. The molecule has 1 aliphatic rings. The fourth-order valence-electron chi connectivity index (χ4n) is 1.74. The van der Waals surface area contributed by atoms with Crippen LogP contribution in [-0.4, -0.2) is 18.1 Å². The van der Waals surface area contributed by atoms with E-state index in [0.717, 1.165) is 13.1 Å². The van der Waals surface area contributed by atoms with Gasteiger partial charge in [0.2, 0.25) is 0 Å². The molecule has 18 heavy (non-hydrogen) atoms. The first-order valence-corrected chi connectivity index (χ1v) is 7.58. The molecule has 0 atom stereocenters. The van der Waals surface area contributed by atoms with Gasteiger partial charge in [-0.2, -0.15) is 0 Å². The Kier molecular flexibility index (Phi) is 17.4. The number of hydrogen-bond acceptors (Lipinski definition) is 2. The monoisotopic (exact) mass is 252 g/mol. The Morgan fingerprint density at radius 2 is 1.50 bits per heavy atom. The molecule has 2 heterocycles. The summed E-state index contributed by atoms with van der Waals surface area (Å²) in [7, 11) is 0. The molecule has 0 amide bonds. The Labute approximate surface area is 114 Å². The quantitative estimate of drug-likeness (QED) is 0.788. The van der Waals surface area contributed by atoms with E-state index in [1.165, 1.54) is 18.5 Å². The zero-order valence-corrected chi connectivity index (χ0v) is 13.2. The number of hydrogen-bond donors (Lipinski definition) is 1. The Morgan fingerprint density at radius 1 is 0.944 bits per heavy atom. The van der Waals surface area contributed by atoms with Crippen molar-refractivity contribution >= 4 is 0 Å². The zero-order valence-electron chi connectivity index (χ0n) is 13.2. The van der Waals surface area contributed by atoms with E-state index >= 15 is 0 Å². The van der Waals surface area contributed by atoms with E-state index in [1.807, 2.05) is 53.8 Å². The molecular weight excluding hydrogens is 220 g/mol. The fraction of sp³-hybridized carbons (Fsp3) is 0.688. The average molecular weight is 252 g/mol. The van der Waals surface area contributed by atoms with Crippen LogP contribution < -0.4 is 5.32 Å². The number of rotatable bonds is 1. The molecule has 106 valence electrons. The van der Waals surface area contributed by atoms with Gasteiger partial charge >= 0.3 is 0 Å². The summed E-state index contributed by atoms with van der Waals surface area (Å²) in [4.78, 5) is 4.37. The molecule has 0 saturated carbocycles. The van der Waals surface area contributed by atoms with Gasteiger partial charge in [-0.1, -0.05) is 47.6 Å². The summed E-state index contributed by atoms with van der Waals surface area (Å²) in [6.07, 6.45) is 4.35. The molecular formula is C16H32N2. The first-order chi connectivity index (χ1) is 8.97. The predicted octanol–water partition coefficient (Wildman–Crippen LogP) is 4.63. The van der Waals surface area contributed by atoms with Gasteiger partial charge < -0.3 is 5.32 Å². The standard InChI is InChI=1S/C10H14N2.3C2H6/c1-2-6-12-10(3-1)9-4-7-11-8-5-9;3*1-2/h1-3,6,9,11H,4-5,7-8H2;3*1-2H3.